The molecule has 0 saturated carbocycles. The van der Waals surface area contributed by atoms with Gasteiger partial charge in [-0.3, -0.25) is 0 Å². The maximum atomic E-state index is 4.34. The monoisotopic (exact) mass is 206 g/mol. The van der Waals surface area contributed by atoms with Crippen molar-refractivity contribution in [3.8, 4) is 0 Å². The highest BCUT2D eigenvalue weighted by molar-refractivity contribution is 5.41. The minimum atomic E-state index is 0.587. The van der Waals surface area contributed by atoms with Gasteiger partial charge in [-0.15, -0.1) is 0 Å². The average Bonchev–Trinajstić information content (AvgIpc) is 2.66. The molecule has 1 unspecified atom stereocenters. The summed E-state index contributed by atoms with van der Waals surface area (Å²) in [6.07, 6.45) is 4.17. The van der Waals surface area contributed by atoms with Gasteiger partial charge in [0.05, 0.1) is 0 Å². The Labute approximate surface area is 90.7 Å². The number of rotatable bonds is 3. The van der Waals surface area contributed by atoms with Crippen LogP contribution in [0.1, 0.15) is 18.5 Å². The largest absolute Gasteiger partial charge is 0.352 e. The molecule has 1 aliphatic rings. The molecule has 2 rings (SSSR count). The number of anilines is 1. The van der Waals surface area contributed by atoms with Crippen molar-refractivity contribution >= 4 is 5.82 Å². The molecule has 0 aliphatic carbocycles. The van der Waals surface area contributed by atoms with Crippen LogP contribution in [0.3, 0.4) is 0 Å². The van der Waals surface area contributed by atoms with Gasteiger partial charge in [-0.2, -0.15) is 0 Å². The Kier molecular flexibility index (Phi) is 3.16. The van der Waals surface area contributed by atoms with Gasteiger partial charge in [-0.1, -0.05) is 0 Å². The van der Waals surface area contributed by atoms with Crippen LogP contribution in [-0.2, 0) is 0 Å². The van der Waals surface area contributed by atoms with E-state index in [4.69, 9.17) is 0 Å². The van der Waals surface area contributed by atoms with Crippen molar-refractivity contribution < 1.29 is 0 Å². The van der Waals surface area contributed by atoms with Gasteiger partial charge >= 0.3 is 0 Å². The zero-order valence-corrected chi connectivity index (χ0v) is 9.40. The van der Waals surface area contributed by atoms with E-state index in [0.29, 0.717) is 6.04 Å². The lowest BCUT2D eigenvalue weighted by molar-refractivity contribution is 0.611. The Balaban J connectivity index is 2.15. The summed E-state index contributed by atoms with van der Waals surface area (Å²) in [5.74, 6) is 1.07. The van der Waals surface area contributed by atoms with Crippen LogP contribution in [0.5, 0.6) is 0 Å². The van der Waals surface area contributed by atoms with E-state index in [-0.39, 0.29) is 0 Å². The van der Waals surface area contributed by atoms with Crippen molar-refractivity contribution in [3.05, 3.63) is 18.1 Å². The van der Waals surface area contributed by atoms with Crippen LogP contribution in [0, 0.1) is 6.92 Å². The molecule has 82 valence electrons. The third kappa shape index (κ3) is 2.26. The zero-order valence-electron chi connectivity index (χ0n) is 9.40. The first-order valence-corrected chi connectivity index (χ1v) is 5.51. The normalized spacial score (nSPS) is 20.9. The maximum Gasteiger partial charge on any atom is 0.132 e. The van der Waals surface area contributed by atoms with E-state index in [9.17, 15) is 0 Å². The second-order valence-electron chi connectivity index (χ2n) is 4.06. The lowest BCUT2D eigenvalue weighted by Crippen LogP contribution is -2.37. The fraction of sp³-hybridized carbons (Fsp3) is 0.636. The van der Waals surface area contributed by atoms with Gasteiger partial charge in [0.2, 0.25) is 0 Å². The first-order valence-electron chi connectivity index (χ1n) is 5.51. The zero-order chi connectivity index (χ0) is 10.7. The fourth-order valence-electron chi connectivity index (χ4n) is 2.18. The quantitative estimate of drug-likeness (QED) is 0.800. The predicted octanol–water partition coefficient (Wildman–Crippen LogP) is 0.973. The van der Waals surface area contributed by atoms with E-state index in [2.05, 4.69) is 26.3 Å². The van der Waals surface area contributed by atoms with Crippen molar-refractivity contribution in [3.63, 3.8) is 0 Å². The SMILES string of the molecule is CNCC1CCCN1c1cc(C)ncn1. The molecule has 1 aliphatic heterocycles. The molecular formula is C11H18N4. The molecule has 1 aromatic heterocycles. The van der Waals surface area contributed by atoms with E-state index in [0.717, 1.165) is 24.6 Å². The molecule has 1 atom stereocenters. The molecule has 0 spiro atoms. The number of hydrogen-bond acceptors (Lipinski definition) is 4. The molecule has 4 heteroatoms. The summed E-state index contributed by atoms with van der Waals surface area (Å²) in [5, 5.41) is 3.24. The van der Waals surface area contributed by atoms with Crippen molar-refractivity contribution in [1.82, 2.24) is 15.3 Å². The second kappa shape index (κ2) is 4.57. The molecule has 0 bridgehead atoms. The van der Waals surface area contributed by atoms with Crippen molar-refractivity contribution in [2.75, 3.05) is 25.0 Å². The standard InChI is InChI=1S/C11H18N4/c1-9-6-11(14-8-13-9)15-5-3-4-10(15)7-12-2/h6,8,10,12H,3-5,7H2,1-2H3. The van der Waals surface area contributed by atoms with Crippen LogP contribution >= 0.6 is 0 Å². The van der Waals surface area contributed by atoms with E-state index in [1.54, 1.807) is 6.33 Å². The Bertz CT molecular complexity index is 326. The number of aromatic nitrogens is 2. The molecule has 0 aromatic carbocycles. The lowest BCUT2D eigenvalue weighted by atomic mass is 10.2. The van der Waals surface area contributed by atoms with Crippen LogP contribution < -0.4 is 10.2 Å². The summed E-state index contributed by atoms with van der Waals surface area (Å²) in [7, 11) is 2.00. The number of aryl methyl sites for hydroxylation is 1. The van der Waals surface area contributed by atoms with Crippen LogP contribution in [-0.4, -0.2) is 36.1 Å². The topological polar surface area (TPSA) is 41.0 Å². The molecule has 1 fully saturated rings. The van der Waals surface area contributed by atoms with Gasteiger partial charge in [0.15, 0.2) is 0 Å². The highest BCUT2D eigenvalue weighted by Gasteiger charge is 2.24. The number of likely N-dealkylation sites (N-methyl/N-ethyl adjacent to an activating group) is 1. The number of hydrogen-bond donors (Lipinski definition) is 1. The highest BCUT2D eigenvalue weighted by Crippen LogP contribution is 2.23. The van der Waals surface area contributed by atoms with Gasteiger partial charge in [0, 0.05) is 30.9 Å². The Morgan fingerprint density at radius 3 is 3.13 bits per heavy atom. The average molecular weight is 206 g/mol. The van der Waals surface area contributed by atoms with E-state index in [1.165, 1.54) is 12.8 Å². The molecule has 15 heavy (non-hydrogen) atoms. The van der Waals surface area contributed by atoms with Crippen molar-refractivity contribution in [2.24, 2.45) is 0 Å². The smallest absolute Gasteiger partial charge is 0.132 e. The second-order valence-corrected chi connectivity index (χ2v) is 4.06. The summed E-state index contributed by atoms with van der Waals surface area (Å²) in [6, 6.07) is 2.65. The first-order chi connectivity index (χ1) is 7.31. The summed E-state index contributed by atoms with van der Waals surface area (Å²) in [4.78, 5) is 10.9. The first kappa shape index (κ1) is 10.4. The van der Waals surface area contributed by atoms with Gasteiger partial charge in [-0.05, 0) is 26.8 Å². The predicted molar refractivity (Wildman–Crippen MR) is 61.1 cm³/mol. The minimum Gasteiger partial charge on any atom is -0.352 e. The van der Waals surface area contributed by atoms with Crippen molar-refractivity contribution in [1.29, 1.82) is 0 Å². The molecule has 1 aromatic rings. The Morgan fingerprint density at radius 1 is 1.53 bits per heavy atom. The molecule has 1 N–H and O–H groups in total. The third-order valence-electron chi connectivity index (χ3n) is 2.90. The lowest BCUT2D eigenvalue weighted by Gasteiger charge is -2.25. The molecule has 0 amide bonds. The van der Waals surface area contributed by atoms with Crippen molar-refractivity contribution in [2.45, 2.75) is 25.8 Å². The third-order valence-corrected chi connectivity index (χ3v) is 2.90. The van der Waals surface area contributed by atoms with Crippen LogP contribution in [0.15, 0.2) is 12.4 Å². The molecule has 2 heterocycles. The Morgan fingerprint density at radius 2 is 2.40 bits per heavy atom. The van der Waals surface area contributed by atoms with Gasteiger partial charge in [-0.25, -0.2) is 9.97 Å². The number of nitrogens with zero attached hydrogens (tertiary/aromatic N) is 3. The Hall–Kier alpha value is -1.16. The van der Waals surface area contributed by atoms with E-state index >= 15 is 0 Å². The molecular weight excluding hydrogens is 188 g/mol. The van der Waals surface area contributed by atoms with Gasteiger partial charge < -0.3 is 10.2 Å². The minimum absolute atomic E-state index is 0.587. The van der Waals surface area contributed by atoms with Gasteiger partial charge in [0.1, 0.15) is 12.1 Å². The molecule has 4 nitrogen and oxygen atoms in total. The van der Waals surface area contributed by atoms with Crippen LogP contribution in [0.4, 0.5) is 5.82 Å². The summed E-state index contributed by atoms with van der Waals surface area (Å²) >= 11 is 0. The number of nitrogens with one attached hydrogen (secondary N) is 1. The molecule has 0 radical (unpaired) electrons. The molecule has 1 saturated heterocycles. The summed E-state index contributed by atoms with van der Waals surface area (Å²) in [5.41, 5.74) is 1.04. The van der Waals surface area contributed by atoms with Crippen LogP contribution in [0.25, 0.3) is 0 Å². The highest BCUT2D eigenvalue weighted by atomic mass is 15.2. The fourth-order valence-corrected chi connectivity index (χ4v) is 2.18. The van der Waals surface area contributed by atoms with Crippen LogP contribution in [0.2, 0.25) is 0 Å². The van der Waals surface area contributed by atoms with Gasteiger partial charge in [0.25, 0.3) is 0 Å². The maximum absolute atomic E-state index is 4.34. The van der Waals surface area contributed by atoms with E-state index in [1.807, 2.05) is 14.0 Å². The summed E-state index contributed by atoms with van der Waals surface area (Å²) in [6.45, 7) is 4.15. The van der Waals surface area contributed by atoms with E-state index < -0.39 is 0 Å². The summed E-state index contributed by atoms with van der Waals surface area (Å²) < 4.78 is 0.